The molecular formula is C9H10N2O3. The Balaban J connectivity index is 2.64. The topological polar surface area (TPSA) is 92.4 Å². The van der Waals surface area contributed by atoms with Gasteiger partial charge in [0.2, 0.25) is 5.91 Å². The van der Waals surface area contributed by atoms with Gasteiger partial charge in [0.05, 0.1) is 12.1 Å². The van der Waals surface area contributed by atoms with Gasteiger partial charge in [-0.1, -0.05) is 0 Å². The molecule has 0 aliphatic rings. The summed E-state index contributed by atoms with van der Waals surface area (Å²) in [5.41, 5.74) is 5.79. The van der Waals surface area contributed by atoms with E-state index in [9.17, 15) is 9.59 Å². The molecule has 0 saturated heterocycles. The van der Waals surface area contributed by atoms with Gasteiger partial charge in [0.25, 0.3) is 0 Å². The summed E-state index contributed by atoms with van der Waals surface area (Å²) in [5, 5.41) is 11.3. The smallest absolute Gasteiger partial charge is 0.335 e. The van der Waals surface area contributed by atoms with Crippen LogP contribution in [0.2, 0.25) is 0 Å². The number of nitrogens with one attached hydrogen (secondary N) is 1. The standard InChI is InChI=1S/C9H10N2O3/c10-8(12)5-11-7-3-1-6(2-4-7)9(13)14/h1-4,11H,5H2,(H2,10,12)(H,13,14). The minimum Gasteiger partial charge on any atom is -0.478 e. The first-order valence-electron chi connectivity index (χ1n) is 3.95. The minimum absolute atomic E-state index is 0.0341. The average molecular weight is 194 g/mol. The zero-order chi connectivity index (χ0) is 10.6. The number of hydrogen-bond donors (Lipinski definition) is 3. The summed E-state index contributed by atoms with van der Waals surface area (Å²) in [4.78, 5) is 20.9. The highest BCUT2D eigenvalue weighted by Gasteiger charge is 2.01. The van der Waals surface area contributed by atoms with Crippen molar-refractivity contribution < 1.29 is 14.7 Å². The molecule has 0 atom stereocenters. The van der Waals surface area contributed by atoms with E-state index in [1.165, 1.54) is 12.1 Å². The largest absolute Gasteiger partial charge is 0.478 e. The summed E-state index contributed by atoms with van der Waals surface area (Å²) < 4.78 is 0. The van der Waals surface area contributed by atoms with Crippen molar-refractivity contribution >= 4 is 17.6 Å². The summed E-state index contributed by atoms with van der Waals surface area (Å²) in [6.45, 7) is 0.0341. The summed E-state index contributed by atoms with van der Waals surface area (Å²) in [6.07, 6.45) is 0. The van der Waals surface area contributed by atoms with Crippen LogP contribution < -0.4 is 11.1 Å². The number of rotatable bonds is 4. The zero-order valence-electron chi connectivity index (χ0n) is 7.36. The average Bonchev–Trinajstić information content (AvgIpc) is 2.15. The second-order valence-corrected chi connectivity index (χ2v) is 2.70. The molecule has 0 aliphatic carbocycles. The molecule has 1 amide bonds. The summed E-state index contributed by atoms with van der Waals surface area (Å²) in [7, 11) is 0. The zero-order valence-corrected chi connectivity index (χ0v) is 7.36. The van der Waals surface area contributed by atoms with Crippen LogP contribution in [0.5, 0.6) is 0 Å². The number of carboxylic acid groups (broad SMARTS) is 1. The van der Waals surface area contributed by atoms with Crippen LogP contribution >= 0.6 is 0 Å². The van der Waals surface area contributed by atoms with Gasteiger partial charge in [0.1, 0.15) is 0 Å². The van der Waals surface area contributed by atoms with Gasteiger partial charge < -0.3 is 16.2 Å². The highest BCUT2D eigenvalue weighted by molar-refractivity contribution is 5.88. The molecule has 14 heavy (non-hydrogen) atoms. The number of anilines is 1. The maximum Gasteiger partial charge on any atom is 0.335 e. The van der Waals surface area contributed by atoms with Crippen molar-refractivity contribution in [3.05, 3.63) is 29.8 Å². The molecule has 0 bridgehead atoms. The maximum atomic E-state index is 10.5. The molecule has 0 spiro atoms. The SMILES string of the molecule is NC(=O)CNc1ccc(C(=O)O)cc1. The number of nitrogens with two attached hydrogens (primary N) is 1. The highest BCUT2D eigenvalue weighted by atomic mass is 16.4. The third kappa shape index (κ3) is 2.78. The molecule has 5 heteroatoms. The fourth-order valence-corrected chi connectivity index (χ4v) is 0.920. The molecule has 0 saturated carbocycles. The number of carboxylic acids is 1. The molecule has 74 valence electrons. The Hall–Kier alpha value is -2.04. The summed E-state index contributed by atoms with van der Waals surface area (Å²) >= 11 is 0. The second-order valence-electron chi connectivity index (χ2n) is 2.70. The Morgan fingerprint density at radius 2 is 1.86 bits per heavy atom. The van der Waals surface area contributed by atoms with Crippen molar-refractivity contribution in [2.45, 2.75) is 0 Å². The molecular weight excluding hydrogens is 184 g/mol. The van der Waals surface area contributed by atoms with E-state index in [-0.39, 0.29) is 12.1 Å². The van der Waals surface area contributed by atoms with Gasteiger partial charge in [-0.2, -0.15) is 0 Å². The first-order chi connectivity index (χ1) is 6.59. The van der Waals surface area contributed by atoms with Crippen molar-refractivity contribution in [1.29, 1.82) is 0 Å². The third-order valence-corrected chi connectivity index (χ3v) is 1.60. The summed E-state index contributed by atoms with van der Waals surface area (Å²) in [6, 6.07) is 6.05. The predicted octanol–water partition coefficient (Wildman–Crippen LogP) is 0.282. The van der Waals surface area contributed by atoms with E-state index in [2.05, 4.69) is 5.32 Å². The van der Waals surface area contributed by atoms with Crippen LogP contribution in [0, 0.1) is 0 Å². The van der Waals surface area contributed by atoms with Crippen molar-refractivity contribution in [2.24, 2.45) is 5.73 Å². The Labute approximate surface area is 80.5 Å². The van der Waals surface area contributed by atoms with Gasteiger partial charge in [-0.3, -0.25) is 4.79 Å². The fourth-order valence-electron chi connectivity index (χ4n) is 0.920. The molecule has 0 heterocycles. The molecule has 0 unspecified atom stereocenters. The number of hydrogen-bond acceptors (Lipinski definition) is 3. The number of primary amides is 1. The van der Waals surface area contributed by atoms with Crippen LogP contribution in [-0.2, 0) is 4.79 Å². The predicted molar refractivity (Wildman–Crippen MR) is 51.1 cm³/mol. The normalized spacial score (nSPS) is 9.43. The van der Waals surface area contributed by atoms with Gasteiger partial charge in [0.15, 0.2) is 0 Å². The first kappa shape index (κ1) is 10.0. The lowest BCUT2D eigenvalue weighted by Crippen LogP contribution is -2.21. The summed E-state index contributed by atoms with van der Waals surface area (Å²) in [5.74, 6) is -1.45. The quantitative estimate of drug-likeness (QED) is 0.642. The Bertz CT molecular complexity index is 346. The molecule has 1 aromatic rings. The van der Waals surface area contributed by atoms with Crippen LogP contribution in [0.3, 0.4) is 0 Å². The fraction of sp³-hybridized carbons (Fsp3) is 0.111. The molecule has 0 radical (unpaired) electrons. The first-order valence-corrected chi connectivity index (χ1v) is 3.95. The van der Waals surface area contributed by atoms with Crippen LogP contribution in [0.15, 0.2) is 24.3 Å². The van der Waals surface area contributed by atoms with Crippen LogP contribution in [0.25, 0.3) is 0 Å². The van der Waals surface area contributed by atoms with Gasteiger partial charge in [-0.25, -0.2) is 4.79 Å². The lowest BCUT2D eigenvalue weighted by Gasteiger charge is -2.03. The number of amides is 1. The Morgan fingerprint density at radius 3 is 2.29 bits per heavy atom. The molecule has 1 aromatic carbocycles. The van der Waals surface area contributed by atoms with Crippen LogP contribution in [0.1, 0.15) is 10.4 Å². The van der Waals surface area contributed by atoms with Crippen LogP contribution in [-0.4, -0.2) is 23.5 Å². The third-order valence-electron chi connectivity index (χ3n) is 1.60. The lowest BCUT2D eigenvalue weighted by molar-refractivity contribution is -0.116. The number of aromatic carboxylic acids is 1. The Kier molecular flexibility index (Phi) is 3.06. The molecule has 4 N–H and O–H groups in total. The number of carbonyl (C=O) groups excluding carboxylic acids is 1. The Morgan fingerprint density at radius 1 is 1.29 bits per heavy atom. The van der Waals surface area contributed by atoms with E-state index < -0.39 is 11.9 Å². The lowest BCUT2D eigenvalue weighted by atomic mass is 10.2. The molecule has 0 aliphatic heterocycles. The van der Waals surface area contributed by atoms with Crippen molar-refractivity contribution in [3.8, 4) is 0 Å². The van der Waals surface area contributed by atoms with E-state index in [4.69, 9.17) is 10.8 Å². The second kappa shape index (κ2) is 4.27. The van der Waals surface area contributed by atoms with Crippen molar-refractivity contribution in [2.75, 3.05) is 11.9 Å². The number of carbonyl (C=O) groups is 2. The van der Waals surface area contributed by atoms with E-state index in [0.29, 0.717) is 5.69 Å². The highest BCUT2D eigenvalue weighted by Crippen LogP contribution is 2.08. The monoisotopic (exact) mass is 194 g/mol. The van der Waals surface area contributed by atoms with Gasteiger partial charge in [-0.05, 0) is 24.3 Å². The van der Waals surface area contributed by atoms with E-state index in [1.54, 1.807) is 12.1 Å². The molecule has 0 aromatic heterocycles. The minimum atomic E-state index is -0.980. The molecule has 0 fully saturated rings. The van der Waals surface area contributed by atoms with Gasteiger partial charge >= 0.3 is 5.97 Å². The molecule has 1 rings (SSSR count). The van der Waals surface area contributed by atoms with E-state index in [0.717, 1.165) is 0 Å². The van der Waals surface area contributed by atoms with Crippen molar-refractivity contribution in [3.63, 3.8) is 0 Å². The van der Waals surface area contributed by atoms with Gasteiger partial charge in [0, 0.05) is 5.69 Å². The molecule has 5 nitrogen and oxygen atoms in total. The van der Waals surface area contributed by atoms with Crippen LogP contribution in [0.4, 0.5) is 5.69 Å². The van der Waals surface area contributed by atoms with Gasteiger partial charge in [-0.15, -0.1) is 0 Å². The van der Waals surface area contributed by atoms with E-state index >= 15 is 0 Å². The maximum absolute atomic E-state index is 10.5. The number of benzene rings is 1. The van der Waals surface area contributed by atoms with Crippen molar-refractivity contribution in [1.82, 2.24) is 0 Å². The van der Waals surface area contributed by atoms with E-state index in [1.807, 2.05) is 0 Å².